The second-order valence-electron chi connectivity index (χ2n) is 6.39. The van der Waals surface area contributed by atoms with Gasteiger partial charge in [0.05, 0.1) is 6.42 Å². The normalized spacial score (nSPS) is 17.1. The van der Waals surface area contributed by atoms with Gasteiger partial charge in [-0.15, -0.1) is 0 Å². The summed E-state index contributed by atoms with van der Waals surface area (Å²) in [4.78, 5) is 33.4. The van der Waals surface area contributed by atoms with Crippen molar-refractivity contribution in [3.8, 4) is 0 Å². The molecule has 1 amide bonds. The molecule has 1 heterocycles. The first-order chi connectivity index (χ1) is 12.6. The summed E-state index contributed by atoms with van der Waals surface area (Å²) in [6, 6.07) is 0.188. The van der Waals surface area contributed by atoms with E-state index in [0.29, 0.717) is 13.0 Å². The third-order valence-electron chi connectivity index (χ3n) is 4.10. The zero-order valence-corrected chi connectivity index (χ0v) is 15.6. The molecule has 27 heavy (non-hydrogen) atoms. The summed E-state index contributed by atoms with van der Waals surface area (Å²) in [6.07, 6.45) is 1.95. The lowest BCUT2D eigenvalue weighted by Gasteiger charge is -2.22. The number of carbonyl (C=O) groups excluding carboxylic acids is 1. The van der Waals surface area contributed by atoms with Crippen LogP contribution in [-0.2, 0) is 14.4 Å². The molecule has 158 valence electrons. The highest BCUT2D eigenvalue weighted by molar-refractivity contribution is 5.75. The topological polar surface area (TPSA) is 107 Å². The quantitative estimate of drug-likeness (QED) is 0.489. The number of carbonyl (C=O) groups is 3. The molecule has 0 aromatic rings. The Morgan fingerprint density at radius 3 is 2.30 bits per heavy atom. The van der Waals surface area contributed by atoms with Crippen LogP contribution in [-0.4, -0.2) is 64.8 Å². The van der Waals surface area contributed by atoms with Gasteiger partial charge < -0.3 is 15.5 Å². The number of likely N-dealkylation sites (tertiary alicyclic amines) is 1. The molecule has 7 nitrogen and oxygen atoms in total. The van der Waals surface area contributed by atoms with E-state index in [4.69, 9.17) is 15.0 Å². The van der Waals surface area contributed by atoms with Crippen molar-refractivity contribution in [2.45, 2.75) is 70.5 Å². The average Bonchev–Trinajstić information content (AvgIpc) is 2.98. The first kappa shape index (κ1) is 25.2. The summed E-state index contributed by atoms with van der Waals surface area (Å²) in [7, 11) is 0. The number of aliphatic carboxylic acids is 2. The van der Waals surface area contributed by atoms with E-state index in [1.807, 2.05) is 0 Å². The molecule has 1 aliphatic heterocycles. The Hall–Kier alpha value is -1.84. The predicted molar refractivity (Wildman–Crippen MR) is 92.3 cm³/mol. The number of hydrogen-bond acceptors (Lipinski definition) is 4. The van der Waals surface area contributed by atoms with Gasteiger partial charge in [0.25, 0.3) is 0 Å². The third-order valence-corrected chi connectivity index (χ3v) is 4.10. The van der Waals surface area contributed by atoms with Crippen LogP contribution in [0.15, 0.2) is 0 Å². The van der Waals surface area contributed by atoms with Gasteiger partial charge in [0, 0.05) is 25.6 Å². The second-order valence-corrected chi connectivity index (χ2v) is 6.39. The predicted octanol–water partition coefficient (Wildman–Crippen LogP) is 2.65. The van der Waals surface area contributed by atoms with Crippen LogP contribution in [0, 0.1) is 0 Å². The molecule has 0 spiro atoms. The first-order valence-corrected chi connectivity index (χ1v) is 9.10. The standard InChI is InChI=1S/C15H28N2O3.C2HF3O2/c1-2-3-4-8-14(18)16-9-6-11-17-10-5-7-13(17)12-15(19)20;3-2(4,5)1(6)7/h13H,2-12H2,1H3,(H,16,18)(H,19,20);(H,6,7)/t13-;/m0./s1. The van der Waals surface area contributed by atoms with Crippen molar-refractivity contribution < 1.29 is 37.8 Å². The lowest BCUT2D eigenvalue weighted by molar-refractivity contribution is -0.192. The number of alkyl halides is 3. The van der Waals surface area contributed by atoms with Crippen LogP contribution in [0.25, 0.3) is 0 Å². The van der Waals surface area contributed by atoms with Gasteiger partial charge in [-0.05, 0) is 32.2 Å². The minimum atomic E-state index is -5.08. The Labute approximate surface area is 156 Å². The summed E-state index contributed by atoms with van der Waals surface area (Å²) in [5.41, 5.74) is 0. The molecular formula is C17H29F3N2O5. The van der Waals surface area contributed by atoms with Crippen LogP contribution in [0.1, 0.15) is 58.3 Å². The Kier molecular flexibility index (Phi) is 12.4. The van der Waals surface area contributed by atoms with Crippen molar-refractivity contribution in [3.63, 3.8) is 0 Å². The lowest BCUT2D eigenvalue weighted by atomic mass is 10.1. The molecule has 0 aliphatic carbocycles. The molecule has 0 aromatic carbocycles. The Balaban J connectivity index is 0.000000821. The van der Waals surface area contributed by atoms with Crippen molar-refractivity contribution in [2.24, 2.45) is 0 Å². The fourth-order valence-corrected chi connectivity index (χ4v) is 2.76. The van der Waals surface area contributed by atoms with Crippen LogP contribution in [0.4, 0.5) is 13.2 Å². The van der Waals surface area contributed by atoms with Gasteiger partial charge >= 0.3 is 18.1 Å². The molecule has 0 saturated carbocycles. The number of halogens is 3. The van der Waals surface area contributed by atoms with Crippen molar-refractivity contribution in [1.29, 1.82) is 0 Å². The zero-order chi connectivity index (χ0) is 20.9. The van der Waals surface area contributed by atoms with Gasteiger partial charge in [0.1, 0.15) is 0 Å². The van der Waals surface area contributed by atoms with Gasteiger partial charge in [0.15, 0.2) is 0 Å². The zero-order valence-electron chi connectivity index (χ0n) is 15.6. The number of hydrogen-bond donors (Lipinski definition) is 3. The Morgan fingerprint density at radius 2 is 1.78 bits per heavy atom. The molecule has 0 bridgehead atoms. The molecule has 1 fully saturated rings. The van der Waals surface area contributed by atoms with Gasteiger partial charge in [-0.25, -0.2) is 4.79 Å². The smallest absolute Gasteiger partial charge is 0.481 e. The molecule has 10 heteroatoms. The van der Waals surface area contributed by atoms with Crippen molar-refractivity contribution in [1.82, 2.24) is 10.2 Å². The summed E-state index contributed by atoms with van der Waals surface area (Å²) in [6.45, 7) is 4.69. The van der Waals surface area contributed by atoms with Crippen molar-refractivity contribution in [3.05, 3.63) is 0 Å². The van der Waals surface area contributed by atoms with Gasteiger partial charge in [-0.1, -0.05) is 19.8 Å². The van der Waals surface area contributed by atoms with E-state index < -0.39 is 18.1 Å². The van der Waals surface area contributed by atoms with Crippen LogP contribution in [0.5, 0.6) is 0 Å². The summed E-state index contributed by atoms with van der Waals surface area (Å²) in [5, 5.41) is 18.9. The molecule has 1 rings (SSSR count). The summed E-state index contributed by atoms with van der Waals surface area (Å²) in [5.74, 6) is -3.33. The highest BCUT2D eigenvalue weighted by Crippen LogP contribution is 2.20. The SMILES string of the molecule is CCCCCC(=O)NCCCN1CCC[C@H]1CC(=O)O.O=C(O)C(F)(F)F. The average molecular weight is 398 g/mol. The monoisotopic (exact) mass is 398 g/mol. The molecular weight excluding hydrogens is 369 g/mol. The largest absolute Gasteiger partial charge is 0.490 e. The maximum absolute atomic E-state index is 11.5. The number of amides is 1. The molecule has 3 N–H and O–H groups in total. The van der Waals surface area contributed by atoms with Gasteiger partial charge in [0.2, 0.25) is 5.91 Å². The lowest BCUT2D eigenvalue weighted by Crippen LogP contribution is -2.34. The van der Waals surface area contributed by atoms with Crippen molar-refractivity contribution in [2.75, 3.05) is 19.6 Å². The fraction of sp³-hybridized carbons (Fsp3) is 0.824. The van der Waals surface area contributed by atoms with Crippen LogP contribution in [0.2, 0.25) is 0 Å². The first-order valence-electron chi connectivity index (χ1n) is 9.10. The molecule has 0 unspecified atom stereocenters. The van der Waals surface area contributed by atoms with E-state index in [9.17, 15) is 22.8 Å². The fourth-order valence-electron chi connectivity index (χ4n) is 2.76. The summed E-state index contributed by atoms with van der Waals surface area (Å²) >= 11 is 0. The van der Waals surface area contributed by atoms with Crippen LogP contribution >= 0.6 is 0 Å². The second kappa shape index (κ2) is 13.3. The van der Waals surface area contributed by atoms with Gasteiger partial charge in [-0.3, -0.25) is 14.5 Å². The van der Waals surface area contributed by atoms with E-state index in [1.54, 1.807) is 0 Å². The number of nitrogens with zero attached hydrogens (tertiary/aromatic N) is 1. The molecule has 1 atom stereocenters. The summed E-state index contributed by atoms with van der Waals surface area (Å²) < 4.78 is 31.7. The molecule has 1 aliphatic rings. The van der Waals surface area contributed by atoms with Crippen molar-refractivity contribution >= 4 is 17.8 Å². The van der Waals surface area contributed by atoms with E-state index in [0.717, 1.165) is 51.6 Å². The van der Waals surface area contributed by atoms with E-state index in [1.165, 1.54) is 0 Å². The number of carboxylic acids is 2. The Morgan fingerprint density at radius 1 is 1.15 bits per heavy atom. The number of nitrogens with one attached hydrogen (secondary N) is 1. The maximum Gasteiger partial charge on any atom is 0.490 e. The highest BCUT2D eigenvalue weighted by Gasteiger charge is 2.38. The minimum Gasteiger partial charge on any atom is -0.481 e. The van der Waals surface area contributed by atoms with Crippen LogP contribution in [0.3, 0.4) is 0 Å². The van der Waals surface area contributed by atoms with E-state index in [2.05, 4.69) is 17.1 Å². The molecule has 0 aromatic heterocycles. The van der Waals surface area contributed by atoms with E-state index >= 15 is 0 Å². The number of rotatable bonds is 10. The molecule has 0 radical (unpaired) electrons. The van der Waals surface area contributed by atoms with Crippen LogP contribution < -0.4 is 5.32 Å². The molecule has 1 saturated heterocycles. The number of unbranched alkanes of at least 4 members (excludes halogenated alkanes) is 2. The minimum absolute atomic E-state index is 0.141. The Bertz CT molecular complexity index is 472. The number of carboxylic acid groups (broad SMARTS) is 2. The van der Waals surface area contributed by atoms with Gasteiger partial charge in [-0.2, -0.15) is 13.2 Å². The third kappa shape index (κ3) is 13.0. The highest BCUT2D eigenvalue weighted by atomic mass is 19.4. The maximum atomic E-state index is 11.5. The van der Waals surface area contributed by atoms with E-state index in [-0.39, 0.29) is 18.4 Å².